The summed E-state index contributed by atoms with van der Waals surface area (Å²) in [6.07, 6.45) is -0.0280. The van der Waals surface area contributed by atoms with E-state index in [9.17, 15) is 18.3 Å². The Morgan fingerprint density at radius 3 is 2.58 bits per heavy atom. The highest BCUT2D eigenvalue weighted by Gasteiger charge is 2.23. The lowest BCUT2D eigenvalue weighted by Crippen LogP contribution is -2.30. The molecule has 33 heavy (non-hydrogen) atoms. The maximum atomic E-state index is 12.8. The Bertz CT molecular complexity index is 1220. The second-order valence-corrected chi connectivity index (χ2v) is 9.86. The molecule has 0 spiro atoms. The second kappa shape index (κ2) is 10.8. The average Bonchev–Trinajstić information content (AvgIpc) is 3.24. The molecule has 2 aromatic carbocycles. The molecule has 0 aliphatic rings. The summed E-state index contributed by atoms with van der Waals surface area (Å²) < 4.78 is 32.5. The first kappa shape index (κ1) is 24.7. The van der Waals surface area contributed by atoms with Crippen LogP contribution in [-0.2, 0) is 21.2 Å². The van der Waals surface area contributed by atoms with Crippen molar-refractivity contribution in [2.24, 2.45) is 0 Å². The van der Waals surface area contributed by atoms with Gasteiger partial charge in [-0.05, 0) is 37.3 Å². The number of carbonyl (C=O) groups excluding carboxylic acids is 1. The van der Waals surface area contributed by atoms with E-state index in [-0.39, 0.29) is 22.8 Å². The van der Waals surface area contributed by atoms with Crippen molar-refractivity contribution in [2.75, 3.05) is 25.0 Å². The number of nitrogens with one attached hydrogen (secondary N) is 1. The molecular weight excluding hydrogens is 462 g/mol. The van der Waals surface area contributed by atoms with Gasteiger partial charge in [0.15, 0.2) is 0 Å². The third kappa shape index (κ3) is 5.70. The van der Waals surface area contributed by atoms with Gasteiger partial charge in [0.05, 0.1) is 34.9 Å². The van der Waals surface area contributed by atoms with Crippen LogP contribution in [0, 0.1) is 0 Å². The summed E-state index contributed by atoms with van der Waals surface area (Å²) in [5.74, 6) is 0.0885. The fraction of sp³-hybridized carbons (Fsp3) is 0.304. The average molecular weight is 490 g/mol. The number of nitrogens with zero attached hydrogens (tertiary/aromatic N) is 2. The summed E-state index contributed by atoms with van der Waals surface area (Å²) in [6, 6.07) is 11.4. The number of hydrogen-bond donors (Lipinski definition) is 2. The van der Waals surface area contributed by atoms with Gasteiger partial charge in [-0.2, -0.15) is 4.31 Å². The van der Waals surface area contributed by atoms with E-state index in [1.165, 1.54) is 33.8 Å². The third-order valence-corrected chi connectivity index (χ3v) is 7.87. The van der Waals surface area contributed by atoms with E-state index in [0.29, 0.717) is 25.4 Å². The van der Waals surface area contributed by atoms with Gasteiger partial charge >= 0.3 is 0 Å². The number of aromatic nitrogens is 1. The number of rotatable bonds is 10. The molecule has 1 aromatic heterocycles. The summed E-state index contributed by atoms with van der Waals surface area (Å²) in [4.78, 5) is 17.2. The molecule has 0 fully saturated rings. The molecule has 2 N–H and O–H groups in total. The van der Waals surface area contributed by atoms with E-state index < -0.39 is 15.9 Å². The van der Waals surface area contributed by atoms with Crippen LogP contribution in [0.2, 0.25) is 0 Å². The normalized spacial score (nSPS) is 11.5. The van der Waals surface area contributed by atoms with Crippen LogP contribution in [0.3, 0.4) is 0 Å². The highest BCUT2D eigenvalue weighted by atomic mass is 32.2. The number of anilines is 1. The zero-order valence-corrected chi connectivity index (χ0v) is 20.4. The van der Waals surface area contributed by atoms with Crippen molar-refractivity contribution in [3.63, 3.8) is 0 Å². The maximum Gasteiger partial charge on any atom is 0.243 e. The van der Waals surface area contributed by atoms with Gasteiger partial charge in [-0.15, -0.1) is 11.3 Å². The van der Waals surface area contributed by atoms with Crippen LogP contribution < -0.4 is 10.1 Å². The van der Waals surface area contributed by atoms with Gasteiger partial charge in [0.2, 0.25) is 15.9 Å². The first-order chi connectivity index (χ1) is 15.8. The quantitative estimate of drug-likeness (QED) is 0.415. The van der Waals surface area contributed by atoms with Crippen molar-refractivity contribution in [1.82, 2.24) is 9.29 Å². The van der Waals surface area contributed by atoms with Crippen molar-refractivity contribution in [3.05, 3.63) is 53.5 Å². The van der Waals surface area contributed by atoms with Gasteiger partial charge < -0.3 is 15.2 Å². The van der Waals surface area contributed by atoms with Crippen molar-refractivity contribution in [3.8, 4) is 22.1 Å². The van der Waals surface area contributed by atoms with Crippen LogP contribution in [0.1, 0.15) is 26.5 Å². The minimum atomic E-state index is -3.72. The largest absolute Gasteiger partial charge is 0.506 e. The lowest BCUT2D eigenvalue weighted by molar-refractivity contribution is -0.115. The number of amides is 1. The number of phenols is 1. The molecule has 0 saturated carbocycles. The van der Waals surface area contributed by atoms with E-state index in [2.05, 4.69) is 10.3 Å². The molecule has 0 bridgehead atoms. The van der Waals surface area contributed by atoms with Crippen LogP contribution >= 0.6 is 11.3 Å². The van der Waals surface area contributed by atoms with Crippen molar-refractivity contribution >= 4 is 33.0 Å². The Hall–Kier alpha value is -2.95. The molecule has 176 valence electrons. The minimum absolute atomic E-state index is 0.00257. The van der Waals surface area contributed by atoms with Gasteiger partial charge in [0.1, 0.15) is 16.5 Å². The van der Waals surface area contributed by atoms with Crippen LogP contribution in [-0.4, -0.2) is 48.4 Å². The summed E-state index contributed by atoms with van der Waals surface area (Å²) >= 11 is 1.40. The predicted molar refractivity (Wildman–Crippen MR) is 129 cm³/mol. The highest BCUT2D eigenvalue weighted by molar-refractivity contribution is 7.89. The number of thiazole rings is 1. The lowest BCUT2D eigenvalue weighted by atomic mass is 10.2. The second-order valence-electron chi connectivity index (χ2n) is 7.07. The van der Waals surface area contributed by atoms with Gasteiger partial charge in [0, 0.05) is 18.5 Å². The molecule has 0 aliphatic heterocycles. The highest BCUT2D eigenvalue weighted by Crippen LogP contribution is 2.32. The fourth-order valence-corrected chi connectivity index (χ4v) is 5.62. The number of carbonyl (C=O) groups is 1. The minimum Gasteiger partial charge on any atom is -0.506 e. The van der Waals surface area contributed by atoms with Gasteiger partial charge in [0.25, 0.3) is 0 Å². The SMILES string of the molecule is CCOc1ccccc1-c1nc(CC(=O)Nc2cc(S(=O)(=O)N(CC)CC)ccc2O)cs1. The molecule has 8 nitrogen and oxygen atoms in total. The van der Waals surface area contributed by atoms with Gasteiger partial charge in [-0.3, -0.25) is 4.79 Å². The van der Waals surface area contributed by atoms with Gasteiger partial charge in [-0.1, -0.05) is 26.0 Å². The van der Waals surface area contributed by atoms with Crippen LogP contribution in [0.5, 0.6) is 11.5 Å². The zero-order valence-electron chi connectivity index (χ0n) is 18.7. The molecule has 10 heteroatoms. The van der Waals surface area contributed by atoms with Gasteiger partial charge in [-0.25, -0.2) is 13.4 Å². The Morgan fingerprint density at radius 2 is 1.88 bits per heavy atom. The topological polar surface area (TPSA) is 109 Å². The Labute approximate surface area is 197 Å². The third-order valence-electron chi connectivity index (χ3n) is 4.90. The number of sulfonamides is 1. The van der Waals surface area contributed by atoms with E-state index in [0.717, 1.165) is 16.3 Å². The number of aromatic hydroxyl groups is 1. The molecule has 1 amide bonds. The number of hydrogen-bond acceptors (Lipinski definition) is 7. The fourth-order valence-electron chi connectivity index (χ4n) is 3.28. The molecule has 3 rings (SSSR count). The molecule has 0 atom stereocenters. The summed E-state index contributed by atoms with van der Waals surface area (Å²) in [5.41, 5.74) is 1.44. The Kier molecular flexibility index (Phi) is 8.06. The Balaban J connectivity index is 1.76. The van der Waals surface area contributed by atoms with E-state index >= 15 is 0 Å². The van der Waals surface area contributed by atoms with E-state index in [4.69, 9.17) is 4.74 Å². The maximum absolute atomic E-state index is 12.8. The number of benzene rings is 2. The molecule has 0 saturated heterocycles. The first-order valence-electron chi connectivity index (χ1n) is 10.6. The monoisotopic (exact) mass is 489 g/mol. The summed E-state index contributed by atoms with van der Waals surface area (Å²) in [5, 5.41) is 15.3. The lowest BCUT2D eigenvalue weighted by Gasteiger charge is -2.19. The summed E-state index contributed by atoms with van der Waals surface area (Å²) in [7, 11) is -3.72. The molecular formula is C23H27N3O5S2. The number of phenolic OH excluding ortho intramolecular Hbond substituents is 1. The first-order valence-corrected chi connectivity index (χ1v) is 12.9. The predicted octanol–water partition coefficient (Wildman–Crippen LogP) is 4.13. The van der Waals surface area contributed by atoms with Crippen molar-refractivity contribution in [1.29, 1.82) is 0 Å². The van der Waals surface area contributed by atoms with Crippen molar-refractivity contribution < 1.29 is 23.1 Å². The van der Waals surface area contributed by atoms with E-state index in [1.807, 2.05) is 31.2 Å². The molecule has 0 unspecified atom stereocenters. The van der Waals surface area contributed by atoms with Crippen molar-refractivity contribution in [2.45, 2.75) is 32.1 Å². The Morgan fingerprint density at radius 1 is 1.15 bits per heavy atom. The van der Waals surface area contributed by atoms with Crippen LogP contribution in [0.15, 0.2) is 52.7 Å². The smallest absolute Gasteiger partial charge is 0.243 e. The zero-order chi connectivity index (χ0) is 24.0. The summed E-state index contributed by atoms with van der Waals surface area (Å²) in [6.45, 7) is 6.58. The molecule has 0 radical (unpaired) electrons. The number of ether oxygens (including phenoxy) is 1. The standard InChI is InChI=1S/C23H27N3O5S2/c1-4-26(5-2)33(29,30)17-11-12-20(27)19(14-17)25-22(28)13-16-15-32-23(24-16)18-9-7-8-10-21(18)31-6-3/h7-12,14-15,27H,4-6,13H2,1-3H3,(H,25,28). The van der Waals surface area contributed by atoms with Crippen LogP contribution in [0.4, 0.5) is 5.69 Å². The number of para-hydroxylation sites is 1. The van der Waals surface area contributed by atoms with Crippen LogP contribution in [0.25, 0.3) is 10.6 Å². The molecule has 3 aromatic rings. The van der Waals surface area contributed by atoms with E-state index in [1.54, 1.807) is 19.2 Å². The molecule has 0 aliphatic carbocycles. The molecule has 1 heterocycles.